The zero-order valence-electron chi connectivity index (χ0n) is 13.7. The fraction of sp³-hybridized carbons (Fsp3) is 0.611. The number of aromatic nitrogens is 2. The van der Waals surface area contributed by atoms with Crippen molar-refractivity contribution >= 4 is 11.0 Å². The molecule has 0 aliphatic heterocycles. The largest absolute Gasteiger partial charge is 0.332 e. The molecule has 0 saturated heterocycles. The molecular formula is C18H29N3. The molecule has 2 rings (SSSR count). The fourth-order valence-corrected chi connectivity index (χ4v) is 2.71. The third-order valence-electron chi connectivity index (χ3n) is 3.92. The summed E-state index contributed by atoms with van der Waals surface area (Å²) in [5.41, 5.74) is 2.49. The molecule has 21 heavy (non-hydrogen) atoms. The van der Waals surface area contributed by atoms with Gasteiger partial charge in [-0.2, -0.15) is 0 Å². The second-order valence-corrected chi connectivity index (χ2v) is 6.17. The molecular weight excluding hydrogens is 258 g/mol. The van der Waals surface area contributed by atoms with Gasteiger partial charge < -0.3 is 9.88 Å². The summed E-state index contributed by atoms with van der Waals surface area (Å²) in [6.07, 6.45) is 10.8. The normalized spacial score (nSPS) is 11.6. The van der Waals surface area contributed by atoms with Crippen LogP contribution < -0.4 is 5.32 Å². The lowest BCUT2D eigenvalue weighted by atomic mass is 10.1. The third kappa shape index (κ3) is 4.57. The summed E-state index contributed by atoms with van der Waals surface area (Å²) in [5.74, 6) is 0. The van der Waals surface area contributed by atoms with Gasteiger partial charge in [0.05, 0.1) is 0 Å². The molecule has 116 valence electrons. The van der Waals surface area contributed by atoms with Gasteiger partial charge in [-0.1, -0.05) is 46.5 Å². The van der Waals surface area contributed by atoms with E-state index < -0.39 is 0 Å². The van der Waals surface area contributed by atoms with Crippen LogP contribution in [0.15, 0.2) is 24.5 Å². The van der Waals surface area contributed by atoms with Crippen molar-refractivity contribution in [3.05, 3.63) is 30.1 Å². The lowest BCUT2D eigenvalue weighted by Gasteiger charge is -2.06. The van der Waals surface area contributed by atoms with Gasteiger partial charge in [0.1, 0.15) is 5.65 Å². The molecule has 0 aliphatic carbocycles. The number of unbranched alkanes of at least 4 members (excludes halogenated alkanes) is 4. The van der Waals surface area contributed by atoms with Crippen molar-refractivity contribution in [3.63, 3.8) is 0 Å². The van der Waals surface area contributed by atoms with E-state index in [2.05, 4.69) is 47.9 Å². The number of rotatable bonds is 9. The first-order valence-electron chi connectivity index (χ1n) is 8.38. The Kier molecular flexibility index (Phi) is 6.24. The van der Waals surface area contributed by atoms with E-state index in [-0.39, 0.29) is 0 Å². The lowest BCUT2D eigenvalue weighted by Crippen LogP contribution is -2.21. The van der Waals surface area contributed by atoms with Crippen LogP contribution in [0.3, 0.4) is 0 Å². The van der Waals surface area contributed by atoms with E-state index in [1.165, 1.54) is 43.1 Å². The Balaban J connectivity index is 2.04. The van der Waals surface area contributed by atoms with E-state index in [9.17, 15) is 0 Å². The van der Waals surface area contributed by atoms with E-state index in [0.717, 1.165) is 18.7 Å². The Hall–Kier alpha value is -1.35. The summed E-state index contributed by atoms with van der Waals surface area (Å²) < 4.78 is 2.33. The first-order chi connectivity index (χ1) is 10.2. The maximum Gasteiger partial charge on any atom is 0.140 e. The van der Waals surface area contributed by atoms with Crippen LogP contribution >= 0.6 is 0 Å². The Morgan fingerprint density at radius 1 is 1.19 bits per heavy atom. The van der Waals surface area contributed by atoms with Gasteiger partial charge in [-0.15, -0.1) is 0 Å². The molecule has 0 aromatic carbocycles. The zero-order valence-corrected chi connectivity index (χ0v) is 13.7. The Labute approximate surface area is 128 Å². The Morgan fingerprint density at radius 2 is 2.00 bits per heavy atom. The molecule has 0 aliphatic rings. The fourth-order valence-electron chi connectivity index (χ4n) is 2.71. The summed E-state index contributed by atoms with van der Waals surface area (Å²) in [4.78, 5) is 4.58. The SMILES string of the molecule is CCCCCCCn1cc(CNC(C)C)c2cccnc21. The topological polar surface area (TPSA) is 29.9 Å². The van der Waals surface area contributed by atoms with Crippen molar-refractivity contribution in [2.24, 2.45) is 0 Å². The quantitative estimate of drug-likeness (QED) is 0.688. The molecule has 0 amide bonds. The van der Waals surface area contributed by atoms with Crippen LogP contribution in [-0.2, 0) is 13.1 Å². The molecule has 0 radical (unpaired) electrons. The van der Waals surface area contributed by atoms with Crippen molar-refractivity contribution in [2.45, 2.75) is 72.0 Å². The highest BCUT2D eigenvalue weighted by molar-refractivity contribution is 5.80. The predicted octanol–water partition coefficient (Wildman–Crippen LogP) is 4.50. The highest BCUT2D eigenvalue weighted by Crippen LogP contribution is 2.20. The van der Waals surface area contributed by atoms with Gasteiger partial charge in [0, 0.05) is 36.9 Å². The maximum atomic E-state index is 4.58. The first kappa shape index (κ1) is 16.0. The average Bonchev–Trinajstić information content (AvgIpc) is 2.83. The average molecular weight is 287 g/mol. The minimum atomic E-state index is 0.508. The Bertz CT molecular complexity index is 542. The van der Waals surface area contributed by atoms with Crippen LogP contribution in [0.1, 0.15) is 58.4 Å². The molecule has 1 N–H and O–H groups in total. The Morgan fingerprint density at radius 3 is 2.76 bits per heavy atom. The lowest BCUT2D eigenvalue weighted by molar-refractivity contribution is 0.570. The molecule has 0 spiro atoms. The molecule has 2 aromatic rings. The molecule has 0 bridgehead atoms. The molecule has 3 heteroatoms. The van der Waals surface area contributed by atoms with Crippen molar-refractivity contribution < 1.29 is 0 Å². The summed E-state index contributed by atoms with van der Waals surface area (Å²) in [5, 5.41) is 4.80. The van der Waals surface area contributed by atoms with Gasteiger partial charge in [0.15, 0.2) is 0 Å². The minimum Gasteiger partial charge on any atom is -0.332 e. The summed E-state index contributed by atoms with van der Waals surface area (Å²) in [7, 11) is 0. The number of nitrogens with zero attached hydrogens (tertiary/aromatic N) is 2. The van der Waals surface area contributed by atoms with Crippen LogP contribution in [0.2, 0.25) is 0 Å². The number of hydrogen-bond acceptors (Lipinski definition) is 2. The molecule has 0 unspecified atom stereocenters. The van der Waals surface area contributed by atoms with Crippen LogP contribution in [-0.4, -0.2) is 15.6 Å². The van der Waals surface area contributed by atoms with E-state index in [1.54, 1.807) is 0 Å². The molecule has 0 saturated carbocycles. The minimum absolute atomic E-state index is 0.508. The molecule has 3 nitrogen and oxygen atoms in total. The highest BCUT2D eigenvalue weighted by atomic mass is 15.0. The van der Waals surface area contributed by atoms with Crippen LogP contribution in [0.5, 0.6) is 0 Å². The summed E-state index contributed by atoms with van der Waals surface area (Å²) in [6.45, 7) is 8.63. The standard InChI is InChI=1S/C18H29N3/c1-4-5-6-7-8-12-21-14-16(13-20-15(2)3)17-10-9-11-19-18(17)21/h9-11,14-15,20H,4-8,12-13H2,1-3H3. The van der Waals surface area contributed by atoms with E-state index >= 15 is 0 Å². The summed E-state index contributed by atoms with van der Waals surface area (Å²) in [6, 6.07) is 4.73. The van der Waals surface area contributed by atoms with Crippen molar-refractivity contribution in [3.8, 4) is 0 Å². The van der Waals surface area contributed by atoms with E-state index in [4.69, 9.17) is 0 Å². The zero-order chi connectivity index (χ0) is 15.1. The highest BCUT2D eigenvalue weighted by Gasteiger charge is 2.09. The van der Waals surface area contributed by atoms with Gasteiger partial charge >= 0.3 is 0 Å². The summed E-state index contributed by atoms with van der Waals surface area (Å²) >= 11 is 0. The van der Waals surface area contributed by atoms with E-state index in [0.29, 0.717) is 6.04 Å². The van der Waals surface area contributed by atoms with Gasteiger partial charge in [0.25, 0.3) is 0 Å². The van der Waals surface area contributed by atoms with Crippen LogP contribution in [0, 0.1) is 0 Å². The second kappa shape index (κ2) is 8.18. The number of pyridine rings is 1. The van der Waals surface area contributed by atoms with Gasteiger partial charge in [-0.25, -0.2) is 4.98 Å². The molecule has 0 atom stereocenters. The number of aryl methyl sites for hydroxylation is 1. The first-order valence-corrected chi connectivity index (χ1v) is 8.38. The number of fused-ring (bicyclic) bond motifs is 1. The second-order valence-electron chi connectivity index (χ2n) is 6.17. The number of nitrogens with one attached hydrogen (secondary N) is 1. The predicted molar refractivity (Wildman–Crippen MR) is 90.5 cm³/mol. The van der Waals surface area contributed by atoms with Gasteiger partial charge in [-0.3, -0.25) is 0 Å². The van der Waals surface area contributed by atoms with Crippen LogP contribution in [0.4, 0.5) is 0 Å². The smallest absolute Gasteiger partial charge is 0.140 e. The molecule has 0 fully saturated rings. The van der Waals surface area contributed by atoms with Gasteiger partial charge in [0.2, 0.25) is 0 Å². The van der Waals surface area contributed by atoms with Crippen molar-refractivity contribution in [2.75, 3.05) is 0 Å². The van der Waals surface area contributed by atoms with Crippen LogP contribution in [0.25, 0.3) is 11.0 Å². The van der Waals surface area contributed by atoms with E-state index in [1.807, 2.05) is 12.3 Å². The molecule has 2 aromatic heterocycles. The number of hydrogen-bond donors (Lipinski definition) is 1. The maximum absolute atomic E-state index is 4.58. The third-order valence-corrected chi connectivity index (χ3v) is 3.92. The molecule has 2 heterocycles. The van der Waals surface area contributed by atoms with Gasteiger partial charge in [-0.05, 0) is 24.1 Å². The van der Waals surface area contributed by atoms with Crippen molar-refractivity contribution in [1.29, 1.82) is 0 Å². The monoisotopic (exact) mass is 287 g/mol. The van der Waals surface area contributed by atoms with Crippen molar-refractivity contribution in [1.82, 2.24) is 14.9 Å².